The number of para-hydroxylation sites is 1. The van der Waals surface area contributed by atoms with Gasteiger partial charge >= 0.3 is 0 Å². The van der Waals surface area contributed by atoms with E-state index in [-0.39, 0.29) is 6.04 Å². The molecule has 25 heavy (non-hydrogen) atoms. The molecule has 1 heterocycles. The third kappa shape index (κ3) is 3.31. The first kappa shape index (κ1) is 15.6. The van der Waals surface area contributed by atoms with Crippen molar-refractivity contribution in [3.63, 3.8) is 0 Å². The van der Waals surface area contributed by atoms with Gasteiger partial charge in [-0.05, 0) is 43.0 Å². The van der Waals surface area contributed by atoms with Gasteiger partial charge in [0.1, 0.15) is 5.52 Å². The highest BCUT2D eigenvalue weighted by Crippen LogP contribution is 2.27. The minimum atomic E-state index is 0.174. The molecule has 4 rings (SSSR count). The number of hydrogen-bond acceptors (Lipinski definition) is 2. The molecule has 1 unspecified atom stereocenters. The van der Waals surface area contributed by atoms with Crippen LogP contribution in [0.2, 0.25) is 0 Å². The van der Waals surface area contributed by atoms with Crippen LogP contribution in [0, 0.1) is 6.92 Å². The van der Waals surface area contributed by atoms with Crippen LogP contribution in [-0.4, -0.2) is 15.0 Å². The van der Waals surface area contributed by atoms with Crippen molar-refractivity contribution in [1.82, 2.24) is 15.0 Å². The summed E-state index contributed by atoms with van der Waals surface area (Å²) in [6.07, 6.45) is 1.99. The van der Waals surface area contributed by atoms with Gasteiger partial charge in [0.15, 0.2) is 0 Å². The van der Waals surface area contributed by atoms with E-state index >= 15 is 0 Å². The van der Waals surface area contributed by atoms with Gasteiger partial charge in [0.2, 0.25) is 0 Å². The molecule has 0 fully saturated rings. The molecule has 0 saturated heterocycles. The van der Waals surface area contributed by atoms with Crippen LogP contribution in [0.4, 0.5) is 0 Å². The summed E-state index contributed by atoms with van der Waals surface area (Å²) in [5, 5.41) is 8.82. The van der Waals surface area contributed by atoms with Crippen LogP contribution in [0.3, 0.4) is 0 Å². The Kier molecular flexibility index (Phi) is 4.30. The summed E-state index contributed by atoms with van der Waals surface area (Å²) in [6.45, 7) is 2.12. The van der Waals surface area contributed by atoms with Crippen LogP contribution in [0.15, 0.2) is 78.9 Å². The highest BCUT2D eigenvalue weighted by atomic mass is 15.4. The summed E-state index contributed by atoms with van der Waals surface area (Å²) in [5.41, 5.74) is 5.93. The van der Waals surface area contributed by atoms with Crippen molar-refractivity contribution < 1.29 is 0 Å². The maximum absolute atomic E-state index is 4.47. The summed E-state index contributed by atoms with van der Waals surface area (Å²) >= 11 is 0. The van der Waals surface area contributed by atoms with E-state index in [1.807, 2.05) is 18.2 Å². The van der Waals surface area contributed by atoms with Gasteiger partial charge in [-0.25, -0.2) is 4.68 Å². The molecule has 0 bridgehead atoms. The number of aryl methyl sites for hydroxylation is 2. The molecule has 0 aliphatic carbocycles. The Bertz CT molecular complexity index is 955. The molecule has 1 aromatic heterocycles. The number of rotatable bonds is 5. The van der Waals surface area contributed by atoms with Gasteiger partial charge in [-0.15, -0.1) is 5.10 Å². The molecule has 4 aromatic rings. The number of nitrogens with zero attached hydrogens (tertiary/aromatic N) is 3. The first-order chi connectivity index (χ1) is 12.3. The molecule has 3 nitrogen and oxygen atoms in total. The minimum Gasteiger partial charge on any atom is -0.237 e. The number of hydrogen-bond donors (Lipinski definition) is 0. The summed E-state index contributed by atoms with van der Waals surface area (Å²) < 4.78 is 2.07. The van der Waals surface area contributed by atoms with Gasteiger partial charge in [0.25, 0.3) is 0 Å². The summed E-state index contributed by atoms with van der Waals surface area (Å²) in [7, 11) is 0. The van der Waals surface area contributed by atoms with Crippen molar-refractivity contribution >= 4 is 11.0 Å². The van der Waals surface area contributed by atoms with Crippen molar-refractivity contribution in [2.24, 2.45) is 0 Å². The van der Waals surface area contributed by atoms with E-state index in [0.29, 0.717) is 0 Å². The first-order valence-electron chi connectivity index (χ1n) is 8.72. The van der Waals surface area contributed by atoms with E-state index in [0.717, 1.165) is 23.9 Å². The zero-order chi connectivity index (χ0) is 17.1. The molecule has 1 atom stereocenters. The Morgan fingerprint density at radius 2 is 1.56 bits per heavy atom. The van der Waals surface area contributed by atoms with Crippen LogP contribution in [0.1, 0.15) is 29.2 Å². The third-order valence-corrected chi connectivity index (χ3v) is 4.68. The second-order valence-electron chi connectivity index (χ2n) is 6.47. The van der Waals surface area contributed by atoms with Crippen molar-refractivity contribution in [1.29, 1.82) is 0 Å². The largest absolute Gasteiger partial charge is 0.237 e. The smallest absolute Gasteiger partial charge is 0.113 e. The Hall–Kier alpha value is -2.94. The average Bonchev–Trinajstić information content (AvgIpc) is 3.08. The van der Waals surface area contributed by atoms with Crippen molar-refractivity contribution in [3.05, 3.63) is 95.6 Å². The van der Waals surface area contributed by atoms with E-state index in [1.165, 1.54) is 16.7 Å². The summed E-state index contributed by atoms with van der Waals surface area (Å²) in [5.74, 6) is 0. The fourth-order valence-corrected chi connectivity index (χ4v) is 3.28. The predicted octanol–water partition coefficient (Wildman–Crippen LogP) is 4.96. The molecule has 0 spiro atoms. The van der Waals surface area contributed by atoms with Crippen LogP contribution in [0.5, 0.6) is 0 Å². The first-order valence-corrected chi connectivity index (χ1v) is 8.72. The molecule has 3 heteroatoms. The van der Waals surface area contributed by atoms with E-state index < -0.39 is 0 Å². The molecule has 124 valence electrons. The standard InChI is InChI=1S/C22H21N3/c1-17-11-14-19(15-12-17)21(16-13-18-7-3-2-4-8-18)25-22-10-6-5-9-20(22)23-24-25/h2-12,14-15,21H,13,16H2,1H3. The summed E-state index contributed by atoms with van der Waals surface area (Å²) in [6, 6.07) is 27.7. The highest BCUT2D eigenvalue weighted by molar-refractivity contribution is 5.74. The lowest BCUT2D eigenvalue weighted by molar-refractivity contribution is 0.489. The lowest BCUT2D eigenvalue weighted by Gasteiger charge is -2.19. The molecule has 0 aliphatic rings. The van der Waals surface area contributed by atoms with Crippen LogP contribution >= 0.6 is 0 Å². The topological polar surface area (TPSA) is 30.7 Å². The molecule has 0 amide bonds. The molecular formula is C22H21N3. The fourth-order valence-electron chi connectivity index (χ4n) is 3.28. The zero-order valence-corrected chi connectivity index (χ0v) is 14.3. The number of fused-ring (bicyclic) bond motifs is 1. The van der Waals surface area contributed by atoms with Crippen LogP contribution < -0.4 is 0 Å². The van der Waals surface area contributed by atoms with Gasteiger partial charge in [-0.3, -0.25) is 0 Å². The van der Waals surface area contributed by atoms with Crippen molar-refractivity contribution in [2.45, 2.75) is 25.8 Å². The van der Waals surface area contributed by atoms with E-state index in [1.54, 1.807) is 0 Å². The normalized spacial score (nSPS) is 12.4. The SMILES string of the molecule is Cc1ccc(C(CCc2ccccc2)n2nnc3ccccc32)cc1. The Labute approximate surface area is 147 Å². The van der Waals surface area contributed by atoms with Gasteiger partial charge in [-0.2, -0.15) is 0 Å². The van der Waals surface area contributed by atoms with Gasteiger partial charge < -0.3 is 0 Å². The fraction of sp³-hybridized carbons (Fsp3) is 0.182. The quantitative estimate of drug-likeness (QED) is 0.518. The Morgan fingerprint density at radius 1 is 0.840 bits per heavy atom. The zero-order valence-electron chi connectivity index (χ0n) is 14.3. The molecular weight excluding hydrogens is 306 g/mol. The maximum atomic E-state index is 4.47. The highest BCUT2D eigenvalue weighted by Gasteiger charge is 2.18. The second kappa shape index (κ2) is 6.89. The van der Waals surface area contributed by atoms with Gasteiger partial charge in [-0.1, -0.05) is 77.5 Å². The third-order valence-electron chi connectivity index (χ3n) is 4.68. The average molecular weight is 327 g/mol. The van der Waals surface area contributed by atoms with E-state index in [2.05, 4.69) is 82.6 Å². The van der Waals surface area contributed by atoms with Gasteiger partial charge in [0.05, 0.1) is 11.6 Å². The Morgan fingerprint density at radius 3 is 2.36 bits per heavy atom. The predicted molar refractivity (Wildman–Crippen MR) is 102 cm³/mol. The lowest BCUT2D eigenvalue weighted by Crippen LogP contribution is -2.13. The van der Waals surface area contributed by atoms with Crippen molar-refractivity contribution in [2.75, 3.05) is 0 Å². The maximum Gasteiger partial charge on any atom is 0.113 e. The van der Waals surface area contributed by atoms with Gasteiger partial charge in [0, 0.05) is 0 Å². The second-order valence-corrected chi connectivity index (χ2v) is 6.47. The molecule has 0 radical (unpaired) electrons. The van der Waals surface area contributed by atoms with E-state index in [9.17, 15) is 0 Å². The van der Waals surface area contributed by atoms with Crippen LogP contribution in [0.25, 0.3) is 11.0 Å². The van der Waals surface area contributed by atoms with Crippen LogP contribution in [-0.2, 0) is 6.42 Å². The minimum absolute atomic E-state index is 0.174. The lowest BCUT2D eigenvalue weighted by atomic mass is 9.98. The molecule has 0 aliphatic heterocycles. The summed E-state index contributed by atoms with van der Waals surface area (Å²) in [4.78, 5) is 0. The molecule has 0 N–H and O–H groups in total. The molecule has 0 saturated carbocycles. The Balaban J connectivity index is 1.71. The van der Waals surface area contributed by atoms with E-state index in [4.69, 9.17) is 0 Å². The monoisotopic (exact) mass is 327 g/mol. The molecule has 3 aromatic carbocycles. The number of benzene rings is 3. The van der Waals surface area contributed by atoms with Crippen molar-refractivity contribution in [3.8, 4) is 0 Å². The number of aromatic nitrogens is 3.